The average Bonchev–Trinajstić information content (AvgIpc) is 3.31. The Morgan fingerprint density at radius 3 is 2.33 bits per heavy atom. The van der Waals surface area contributed by atoms with E-state index in [1.807, 2.05) is 87.4 Å². The lowest BCUT2D eigenvalue weighted by atomic mass is 9.96. The number of carbonyl (C=O) groups excluding carboxylic acids is 3. The van der Waals surface area contributed by atoms with Gasteiger partial charge in [-0.2, -0.15) is 0 Å². The number of aromatic hydroxyl groups is 1. The summed E-state index contributed by atoms with van der Waals surface area (Å²) in [6.07, 6.45) is -1.44. The maximum Gasteiger partial charge on any atom is 0.254 e. The number of benzene rings is 3. The van der Waals surface area contributed by atoms with Gasteiger partial charge in [0.15, 0.2) is 6.10 Å². The molecule has 0 bridgehead atoms. The third-order valence-electron chi connectivity index (χ3n) is 7.80. The van der Waals surface area contributed by atoms with Crippen LogP contribution in [0.2, 0.25) is 0 Å². The molecule has 0 saturated carbocycles. The maximum absolute atomic E-state index is 13.9. The molecule has 3 atom stereocenters. The first-order valence-corrected chi connectivity index (χ1v) is 15.2. The van der Waals surface area contributed by atoms with E-state index in [0.29, 0.717) is 12.1 Å². The molecule has 0 unspecified atom stereocenters. The number of rotatable bonds is 10. The second kappa shape index (κ2) is 13.5. The van der Waals surface area contributed by atoms with Crippen molar-refractivity contribution in [3.63, 3.8) is 0 Å². The van der Waals surface area contributed by atoms with Gasteiger partial charge in [0, 0.05) is 42.2 Å². The van der Waals surface area contributed by atoms with Gasteiger partial charge in [0.2, 0.25) is 5.91 Å². The van der Waals surface area contributed by atoms with E-state index >= 15 is 0 Å². The number of anilines is 1. The molecule has 1 fully saturated rings. The summed E-state index contributed by atoms with van der Waals surface area (Å²) in [6, 6.07) is 19.9. The lowest BCUT2D eigenvalue weighted by Crippen LogP contribution is -2.58. The number of thioether (sulfide) groups is 1. The highest BCUT2D eigenvalue weighted by Crippen LogP contribution is 2.40. The zero-order chi connectivity index (χ0) is 31.3. The van der Waals surface area contributed by atoms with Crippen molar-refractivity contribution in [2.45, 2.75) is 56.7 Å². The standard InChI is InChI=1S/C33H40N4O5S/c1-21-25(12-9-13-27(21)38)30(40)35-26(18-22-10-7-6-8-11-22)28(39)32(42)37-20-43-33(2,3)29(37)31(41)34-19-23-14-16-24(17-15-23)36(4)5/h6-17,26,28-29,38-39H,18-20H2,1-5H3,(H,34,41)(H,35,40)/t26-,28-,29+/m0/s1. The molecule has 1 heterocycles. The zero-order valence-electron chi connectivity index (χ0n) is 25.2. The first-order chi connectivity index (χ1) is 20.4. The normalized spacial score (nSPS) is 17.2. The van der Waals surface area contributed by atoms with Crippen LogP contribution in [0.3, 0.4) is 0 Å². The Kier molecular flexibility index (Phi) is 10.0. The number of amides is 3. The summed E-state index contributed by atoms with van der Waals surface area (Å²) < 4.78 is -0.606. The summed E-state index contributed by atoms with van der Waals surface area (Å²) in [4.78, 5) is 44.1. The van der Waals surface area contributed by atoms with Gasteiger partial charge in [-0.15, -0.1) is 11.8 Å². The summed E-state index contributed by atoms with van der Waals surface area (Å²) >= 11 is 1.46. The van der Waals surface area contributed by atoms with E-state index in [0.717, 1.165) is 16.8 Å². The topological polar surface area (TPSA) is 122 Å². The Morgan fingerprint density at radius 1 is 1.00 bits per heavy atom. The van der Waals surface area contributed by atoms with Gasteiger partial charge in [0.05, 0.1) is 11.9 Å². The van der Waals surface area contributed by atoms with Crippen LogP contribution in [0.1, 0.15) is 40.9 Å². The van der Waals surface area contributed by atoms with Crippen LogP contribution < -0.4 is 15.5 Å². The van der Waals surface area contributed by atoms with Crippen molar-refractivity contribution in [2.75, 3.05) is 24.9 Å². The monoisotopic (exact) mass is 604 g/mol. The van der Waals surface area contributed by atoms with Gasteiger partial charge in [-0.25, -0.2) is 0 Å². The second-order valence-electron chi connectivity index (χ2n) is 11.5. The molecule has 9 nitrogen and oxygen atoms in total. The molecule has 3 aromatic rings. The van der Waals surface area contributed by atoms with Crippen LogP contribution in [0.4, 0.5) is 5.69 Å². The average molecular weight is 605 g/mol. The van der Waals surface area contributed by atoms with Crippen LogP contribution in [0.5, 0.6) is 5.75 Å². The predicted molar refractivity (Wildman–Crippen MR) is 170 cm³/mol. The molecule has 1 saturated heterocycles. The number of hydrogen-bond acceptors (Lipinski definition) is 7. The van der Waals surface area contributed by atoms with Crippen molar-refractivity contribution >= 4 is 35.2 Å². The van der Waals surface area contributed by atoms with Gasteiger partial charge in [-0.1, -0.05) is 48.5 Å². The molecule has 10 heteroatoms. The van der Waals surface area contributed by atoms with Gasteiger partial charge < -0.3 is 30.6 Å². The van der Waals surface area contributed by atoms with Crippen molar-refractivity contribution in [1.29, 1.82) is 0 Å². The molecule has 228 valence electrons. The van der Waals surface area contributed by atoms with Crippen molar-refractivity contribution in [2.24, 2.45) is 0 Å². The molecule has 3 aromatic carbocycles. The van der Waals surface area contributed by atoms with Crippen LogP contribution in [0, 0.1) is 6.92 Å². The van der Waals surface area contributed by atoms with E-state index in [1.54, 1.807) is 19.1 Å². The smallest absolute Gasteiger partial charge is 0.254 e. The summed E-state index contributed by atoms with van der Waals surface area (Å²) in [6.45, 7) is 5.73. The molecule has 0 radical (unpaired) electrons. The lowest BCUT2D eigenvalue weighted by molar-refractivity contribution is -0.147. The Bertz CT molecular complexity index is 1450. The molecule has 4 rings (SSSR count). The molecule has 43 heavy (non-hydrogen) atoms. The van der Waals surface area contributed by atoms with Gasteiger partial charge in [-0.05, 0) is 62.6 Å². The fraction of sp³-hybridized carbons (Fsp3) is 0.364. The van der Waals surface area contributed by atoms with E-state index in [4.69, 9.17) is 0 Å². The number of phenols is 1. The maximum atomic E-state index is 13.9. The van der Waals surface area contributed by atoms with Gasteiger partial charge in [-0.3, -0.25) is 14.4 Å². The highest BCUT2D eigenvalue weighted by atomic mass is 32.2. The van der Waals surface area contributed by atoms with Crippen LogP contribution >= 0.6 is 11.8 Å². The first-order valence-electron chi connectivity index (χ1n) is 14.2. The molecule has 4 N–H and O–H groups in total. The summed E-state index contributed by atoms with van der Waals surface area (Å²) in [5.74, 6) is -1.28. The van der Waals surface area contributed by atoms with Gasteiger partial charge >= 0.3 is 0 Å². The third kappa shape index (κ3) is 7.50. The van der Waals surface area contributed by atoms with E-state index in [-0.39, 0.29) is 29.5 Å². The highest BCUT2D eigenvalue weighted by molar-refractivity contribution is 8.00. The molecule has 0 aliphatic carbocycles. The quantitative estimate of drug-likeness (QED) is 0.280. The number of nitrogens with zero attached hydrogens (tertiary/aromatic N) is 2. The van der Waals surface area contributed by atoms with E-state index in [2.05, 4.69) is 10.6 Å². The van der Waals surface area contributed by atoms with Crippen LogP contribution in [0.15, 0.2) is 72.8 Å². The third-order valence-corrected chi connectivity index (χ3v) is 9.17. The van der Waals surface area contributed by atoms with Crippen LogP contribution in [0.25, 0.3) is 0 Å². The lowest BCUT2D eigenvalue weighted by Gasteiger charge is -2.33. The fourth-order valence-electron chi connectivity index (χ4n) is 5.18. The fourth-order valence-corrected chi connectivity index (χ4v) is 6.32. The Morgan fingerprint density at radius 2 is 1.67 bits per heavy atom. The van der Waals surface area contributed by atoms with E-state index in [1.165, 1.54) is 22.7 Å². The zero-order valence-corrected chi connectivity index (χ0v) is 26.0. The summed E-state index contributed by atoms with van der Waals surface area (Å²) in [5.41, 5.74) is 3.42. The molecule has 1 aliphatic heterocycles. The summed E-state index contributed by atoms with van der Waals surface area (Å²) in [5, 5.41) is 27.4. The molecular formula is C33H40N4O5S. The highest BCUT2D eigenvalue weighted by Gasteiger charge is 2.49. The minimum Gasteiger partial charge on any atom is -0.508 e. The molecular weight excluding hydrogens is 564 g/mol. The molecule has 0 spiro atoms. The minimum absolute atomic E-state index is 0.0253. The van der Waals surface area contributed by atoms with Crippen LogP contribution in [-0.2, 0) is 22.6 Å². The Labute approximate surface area is 257 Å². The number of aliphatic hydroxyl groups excluding tert-OH is 1. The van der Waals surface area contributed by atoms with E-state index < -0.39 is 34.7 Å². The Hall–Kier alpha value is -4.02. The Balaban J connectivity index is 1.53. The number of nitrogens with one attached hydrogen (secondary N) is 2. The number of aliphatic hydroxyl groups is 1. The minimum atomic E-state index is -1.62. The molecule has 0 aromatic heterocycles. The van der Waals surface area contributed by atoms with Crippen molar-refractivity contribution in [3.05, 3.63) is 95.1 Å². The van der Waals surface area contributed by atoms with E-state index in [9.17, 15) is 24.6 Å². The van der Waals surface area contributed by atoms with Gasteiger partial charge in [0.1, 0.15) is 11.8 Å². The second-order valence-corrected chi connectivity index (χ2v) is 13.1. The largest absolute Gasteiger partial charge is 0.508 e. The van der Waals surface area contributed by atoms with Crippen LogP contribution in [-0.4, -0.2) is 75.7 Å². The molecule has 1 aliphatic rings. The number of hydrogen-bond donors (Lipinski definition) is 4. The van der Waals surface area contributed by atoms with Crippen molar-refractivity contribution in [1.82, 2.24) is 15.5 Å². The first kappa shape index (κ1) is 31.9. The van der Waals surface area contributed by atoms with Crippen molar-refractivity contribution < 1.29 is 24.6 Å². The SMILES string of the molecule is Cc1c(O)cccc1C(=O)N[C@@H](Cc1ccccc1)[C@H](O)C(=O)N1CSC(C)(C)[C@H]1C(=O)NCc1ccc(N(C)C)cc1. The van der Waals surface area contributed by atoms with Gasteiger partial charge in [0.25, 0.3) is 11.8 Å². The predicted octanol–water partition coefficient (Wildman–Crippen LogP) is 3.47. The summed E-state index contributed by atoms with van der Waals surface area (Å²) in [7, 11) is 3.92. The molecule has 3 amide bonds. The number of phenolic OH excluding ortho intramolecular Hbond substituents is 1. The number of carbonyl (C=O) groups is 3. The van der Waals surface area contributed by atoms with Crippen molar-refractivity contribution in [3.8, 4) is 5.75 Å².